The Morgan fingerprint density at radius 2 is 2.24 bits per heavy atom. The number of morpholine rings is 1. The molecule has 3 rings (SSSR count). The van der Waals surface area contributed by atoms with Crippen LogP contribution in [0.4, 0.5) is 0 Å². The van der Waals surface area contributed by atoms with Crippen molar-refractivity contribution in [2.75, 3.05) is 26.2 Å². The quantitative estimate of drug-likeness (QED) is 0.800. The van der Waals surface area contributed by atoms with E-state index in [1.165, 1.54) is 10.6 Å². The maximum absolute atomic E-state index is 12.4. The number of halogens is 2. The first kappa shape index (κ1) is 16.5. The minimum atomic E-state index is -0.170. The molecule has 2 atom stereocenters. The van der Waals surface area contributed by atoms with Gasteiger partial charge in [-0.15, -0.1) is 12.4 Å². The minimum absolute atomic E-state index is 0. The zero-order chi connectivity index (χ0) is 14.1. The predicted molar refractivity (Wildman–Crippen MR) is 83.8 cm³/mol. The fourth-order valence-electron chi connectivity index (χ4n) is 2.76. The van der Waals surface area contributed by atoms with Crippen molar-refractivity contribution in [2.24, 2.45) is 0 Å². The lowest BCUT2D eigenvalue weighted by Crippen LogP contribution is -2.54. The molecule has 0 radical (unpaired) electrons. The Bertz CT molecular complexity index is 580. The maximum Gasteiger partial charge on any atom is 0.251 e. The van der Waals surface area contributed by atoms with E-state index in [4.69, 9.17) is 4.74 Å². The number of nitrogens with zero attached hydrogens (tertiary/aromatic N) is 2. The van der Waals surface area contributed by atoms with Gasteiger partial charge in [0.15, 0.2) is 0 Å². The van der Waals surface area contributed by atoms with Crippen LogP contribution in [0, 0.1) is 0 Å². The summed E-state index contributed by atoms with van der Waals surface area (Å²) in [4.78, 5) is 26.0. The number of carbonyl (C=O) groups excluding carboxylic acids is 1. The lowest BCUT2D eigenvalue weighted by molar-refractivity contribution is -0.143. The van der Waals surface area contributed by atoms with Gasteiger partial charge in [0.1, 0.15) is 6.54 Å². The van der Waals surface area contributed by atoms with Gasteiger partial charge in [0.25, 0.3) is 5.56 Å². The number of hydrogen-bond donors (Lipinski definition) is 1. The third kappa shape index (κ3) is 3.48. The molecule has 21 heavy (non-hydrogen) atoms. The number of carbonyl (C=O) groups is 1. The molecule has 116 valence electrons. The summed E-state index contributed by atoms with van der Waals surface area (Å²) in [5, 5.41) is 3.24. The zero-order valence-electron chi connectivity index (χ0n) is 11.3. The molecule has 0 spiro atoms. The van der Waals surface area contributed by atoms with Crippen molar-refractivity contribution in [3.05, 3.63) is 33.2 Å². The van der Waals surface area contributed by atoms with Crippen LogP contribution in [0.25, 0.3) is 0 Å². The summed E-state index contributed by atoms with van der Waals surface area (Å²) < 4.78 is 7.86. The summed E-state index contributed by atoms with van der Waals surface area (Å²) in [5.74, 6) is -0.0350. The monoisotopic (exact) mass is 377 g/mol. The van der Waals surface area contributed by atoms with Crippen molar-refractivity contribution in [1.29, 1.82) is 0 Å². The zero-order valence-corrected chi connectivity index (χ0v) is 13.7. The van der Waals surface area contributed by atoms with Crippen LogP contribution in [-0.2, 0) is 16.1 Å². The van der Waals surface area contributed by atoms with Crippen molar-refractivity contribution >= 4 is 34.2 Å². The van der Waals surface area contributed by atoms with Crippen LogP contribution in [0.5, 0.6) is 0 Å². The molecular weight excluding hydrogens is 362 g/mol. The number of aromatic nitrogens is 1. The first-order valence-electron chi connectivity index (χ1n) is 6.63. The molecule has 0 aliphatic carbocycles. The standard InChI is InChI=1S/C13H16BrN3O3.ClH/c14-9-1-2-12(18)16(7-9)8-13(19)17-3-4-20-11-6-15-5-10(11)17;/h1-2,7,10-11,15H,3-6,8H2;1H/t10-,11+;/m1./s1. The maximum atomic E-state index is 12.4. The summed E-state index contributed by atoms with van der Waals surface area (Å²) in [6.07, 6.45) is 1.72. The van der Waals surface area contributed by atoms with Gasteiger partial charge in [-0.2, -0.15) is 0 Å². The Hall–Kier alpha value is -0.890. The fourth-order valence-corrected chi connectivity index (χ4v) is 3.14. The van der Waals surface area contributed by atoms with Crippen molar-refractivity contribution < 1.29 is 9.53 Å². The van der Waals surface area contributed by atoms with E-state index >= 15 is 0 Å². The third-order valence-corrected chi connectivity index (χ3v) is 4.24. The highest BCUT2D eigenvalue weighted by molar-refractivity contribution is 9.10. The van der Waals surface area contributed by atoms with Gasteiger partial charge in [-0.05, 0) is 22.0 Å². The normalized spacial score (nSPS) is 24.3. The molecule has 1 N–H and O–H groups in total. The smallest absolute Gasteiger partial charge is 0.251 e. The van der Waals surface area contributed by atoms with Crippen LogP contribution in [0.2, 0.25) is 0 Å². The number of amides is 1. The topological polar surface area (TPSA) is 63.6 Å². The van der Waals surface area contributed by atoms with Crippen LogP contribution in [-0.4, -0.2) is 53.8 Å². The molecule has 0 bridgehead atoms. The molecule has 2 fully saturated rings. The minimum Gasteiger partial charge on any atom is -0.373 e. The molecule has 1 amide bonds. The summed E-state index contributed by atoms with van der Waals surface area (Å²) in [5.41, 5.74) is -0.170. The number of ether oxygens (including phenoxy) is 1. The van der Waals surface area contributed by atoms with Gasteiger partial charge in [0, 0.05) is 36.4 Å². The van der Waals surface area contributed by atoms with E-state index in [2.05, 4.69) is 21.2 Å². The van der Waals surface area contributed by atoms with E-state index in [1.54, 1.807) is 12.3 Å². The molecule has 3 heterocycles. The fraction of sp³-hybridized carbons (Fsp3) is 0.538. The predicted octanol–water partition coefficient (Wildman–Crippen LogP) is 0.232. The van der Waals surface area contributed by atoms with Crippen LogP contribution in [0.15, 0.2) is 27.6 Å². The van der Waals surface area contributed by atoms with Gasteiger partial charge >= 0.3 is 0 Å². The summed E-state index contributed by atoms with van der Waals surface area (Å²) in [6, 6.07) is 3.21. The van der Waals surface area contributed by atoms with Crippen LogP contribution in [0.3, 0.4) is 0 Å². The van der Waals surface area contributed by atoms with Crippen molar-refractivity contribution in [1.82, 2.24) is 14.8 Å². The second-order valence-corrected chi connectivity index (χ2v) is 5.95. The molecule has 0 aromatic carbocycles. The molecule has 2 aliphatic heterocycles. The van der Waals surface area contributed by atoms with Gasteiger partial charge in [0.2, 0.25) is 5.91 Å². The average molecular weight is 379 g/mol. The number of hydrogen-bond acceptors (Lipinski definition) is 4. The SMILES string of the molecule is Cl.O=C(Cn1cc(Br)ccc1=O)N1CCO[C@H]2CNC[C@H]21. The van der Waals surface area contributed by atoms with Gasteiger partial charge in [-0.3, -0.25) is 9.59 Å². The molecule has 6 nitrogen and oxygen atoms in total. The van der Waals surface area contributed by atoms with E-state index < -0.39 is 0 Å². The second-order valence-electron chi connectivity index (χ2n) is 5.04. The number of nitrogens with one attached hydrogen (secondary N) is 1. The number of pyridine rings is 1. The third-order valence-electron chi connectivity index (χ3n) is 3.77. The summed E-state index contributed by atoms with van der Waals surface area (Å²) >= 11 is 3.31. The van der Waals surface area contributed by atoms with E-state index in [9.17, 15) is 9.59 Å². The van der Waals surface area contributed by atoms with Gasteiger partial charge in [-0.1, -0.05) is 0 Å². The largest absolute Gasteiger partial charge is 0.373 e. The van der Waals surface area contributed by atoms with E-state index in [0.717, 1.165) is 17.6 Å². The highest BCUT2D eigenvalue weighted by atomic mass is 79.9. The van der Waals surface area contributed by atoms with Crippen LogP contribution in [0.1, 0.15) is 0 Å². The van der Waals surface area contributed by atoms with Crippen molar-refractivity contribution in [3.8, 4) is 0 Å². The molecule has 8 heteroatoms. The van der Waals surface area contributed by atoms with E-state index in [-0.39, 0.29) is 42.6 Å². The molecule has 2 aliphatic rings. The van der Waals surface area contributed by atoms with Crippen LogP contribution < -0.4 is 10.9 Å². The summed E-state index contributed by atoms with van der Waals surface area (Å²) in [6.45, 7) is 2.75. The molecule has 2 saturated heterocycles. The molecule has 0 unspecified atom stereocenters. The molecule has 1 aromatic heterocycles. The Balaban J connectivity index is 0.00000161. The van der Waals surface area contributed by atoms with Gasteiger partial charge in [-0.25, -0.2) is 0 Å². The Labute approximate surface area is 137 Å². The van der Waals surface area contributed by atoms with E-state index in [1.807, 2.05) is 4.90 Å². The number of rotatable bonds is 2. The highest BCUT2D eigenvalue weighted by Gasteiger charge is 2.38. The van der Waals surface area contributed by atoms with Gasteiger partial charge in [0.05, 0.1) is 18.8 Å². The molecule has 0 saturated carbocycles. The Kier molecular flexibility index (Phi) is 5.43. The lowest BCUT2D eigenvalue weighted by atomic mass is 10.1. The molecule has 1 aromatic rings. The second kappa shape index (κ2) is 6.91. The highest BCUT2D eigenvalue weighted by Crippen LogP contribution is 2.18. The van der Waals surface area contributed by atoms with Crippen molar-refractivity contribution in [3.63, 3.8) is 0 Å². The number of fused-ring (bicyclic) bond motifs is 1. The first-order chi connectivity index (χ1) is 9.65. The van der Waals surface area contributed by atoms with Crippen LogP contribution >= 0.6 is 28.3 Å². The average Bonchev–Trinajstić information content (AvgIpc) is 2.91. The molecular formula is C13H17BrClN3O3. The summed E-state index contributed by atoms with van der Waals surface area (Å²) in [7, 11) is 0. The lowest BCUT2D eigenvalue weighted by Gasteiger charge is -2.37. The van der Waals surface area contributed by atoms with E-state index in [0.29, 0.717) is 13.2 Å². The Morgan fingerprint density at radius 3 is 3.05 bits per heavy atom. The van der Waals surface area contributed by atoms with Crippen molar-refractivity contribution in [2.45, 2.75) is 18.7 Å². The Morgan fingerprint density at radius 1 is 1.43 bits per heavy atom. The first-order valence-corrected chi connectivity index (χ1v) is 7.42. The van der Waals surface area contributed by atoms with Gasteiger partial charge < -0.3 is 19.5 Å².